The number of alkyl halides is 1. The zero-order valence-corrected chi connectivity index (χ0v) is 10.7. The quantitative estimate of drug-likeness (QED) is 0.320. The molecule has 0 amide bonds. The van der Waals surface area contributed by atoms with Gasteiger partial charge in [-0.05, 0) is 0 Å². The van der Waals surface area contributed by atoms with E-state index in [1.807, 2.05) is 0 Å². The lowest BCUT2D eigenvalue weighted by atomic mass is 10.6. The maximum absolute atomic E-state index is 8.20. The summed E-state index contributed by atoms with van der Waals surface area (Å²) in [5.74, 6) is 0. The Kier molecular flexibility index (Phi) is 39.4. The highest BCUT2D eigenvalue weighted by Gasteiger charge is 1.74. The molecule has 0 fully saturated rings. The maximum atomic E-state index is 8.20. The number of halogens is 1. The molecule has 0 aliphatic heterocycles. The maximum Gasteiger partial charge on any atom is 0.0556 e. The van der Waals surface area contributed by atoms with Crippen LogP contribution in [0.4, 0.5) is 0 Å². The largest absolute Gasteiger partial charge is 0.395 e. The summed E-state index contributed by atoms with van der Waals surface area (Å²) in [7, 11) is 0. The van der Waals surface area contributed by atoms with Crippen molar-refractivity contribution in [3.8, 4) is 0 Å². The fourth-order valence-electron chi connectivity index (χ4n) is 0.283. The van der Waals surface area contributed by atoms with Gasteiger partial charge in [0.15, 0.2) is 0 Å². The molecule has 0 heterocycles. The normalized spacial score (nSPS) is 7.73. The molecule has 92 valence electrons. The molecular formula is C10H23BrN2O2. The highest BCUT2D eigenvalue weighted by atomic mass is 79.9. The van der Waals surface area contributed by atoms with Crippen molar-refractivity contribution in [2.75, 3.05) is 38.2 Å². The molecule has 0 aliphatic carbocycles. The molecule has 5 heteroatoms. The van der Waals surface area contributed by atoms with Crippen LogP contribution in [0.15, 0.2) is 25.3 Å². The van der Waals surface area contributed by atoms with Gasteiger partial charge in [0.25, 0.3) is 0 Å². The number of nitrogens with one attached hydrogen (secondary N) is 1. The predicted molar refractivity (Wildman–Crippen MR) is 70.3 cm³/mol. The van der Waals surface area contributed by atoms with Crippen LogP contribution in [0.5, 0.6) is 0 Å². The molecule has 0 aromatic rings. The first-order valence-corrected chi connectivity index (χ1v) is 5.77. The minimum Gasteiger partial charge on any atom is -0.395 e. The number of aliphatic hydroxyl groups is 2. The molecule has 0 atom stereocenters. The van der Waals surface area contributed by atoms with E-state index in [9.17, 15) is 0 Å². The van der Waals surface area contributed by atoms with Crippen molar-refractivity contribution in [1.29, 1.82) is 0 Å². The van der Waals surface area contributed by atoms with Crippen LogP contribution < -0.4 is 11.1 Å². The molecule has 0 rings (SSSR count). The van der Waals surface area contributed by atoms with Crippen molar-refractivity contribution < 1.29 is 10.2 Å². The Labute approximate surface area is 101 Å². The van der Waals surface area contributed by atoms with Crippen LogP contribution in [0.3, 0.4) is 0 Å². The van der Waals surface area contributed by atoms with E-state index in [-0.39, 0.29) is 13.2 Å². The second-order valence-electron chi connectivity index (χ2n) is 2.17. The second-order valence-corrected chi connectivity index (χ2v) is 2.82. The Morgan fingerprint density at radius 1 is 1.20 bits per heavy atom. The van der Waals surface area contributed by atoms with E-state index in [1.165, 1.54) is 0 Å². The van der Waals surface area contributed by atoms with Gasteiger partial charge in [-0.15, -0.1) is 13.2 Å². The lowest BCUT2D eigenvalue weighted by molar-refractivity contribution is 0.294. The molecule has 0 aromatic carbocycles. The number of rotatable bonds is 6. The Bertz CT molecular complexity index is 112. The first kappa shape index (κ1) is 20.2. The van der Waals surface area contributed by atoms with Gasteiger partial charge >= 0.3 is 0 Å². The monoisotopic (exact) mass is 282 g/mol. The smallest absolute Gasteiger partial charge is 0.0556 e. The number of hydrogen-bond donors (Lipinski definition) is 4. The molecule has 4 nitrogen and oxygen atoms in total. The third-order valence-electron chi connectivity index (χ3n) is 0.815. The molecule has 0 radical (unpaired) electrons. The van der Waals surface area contributed by atoms with Gasteiger partial charge in [0.1, 0.15) is 0 Å². The van der Waals surface area contributed by atoms with Crippen LogP contribution in [0.1, 0.15) is 0 Å². The highest BCUT2D eigenvalue weighted by molar-refractivity contribution is 9.09. The standard InChI is InChI=1S/C5H11NO.C3H5Br.C2H7NO/c1-2-3-6-4-5-7;1-2-3-4;3-1-2-4/h2,6-7H,1,3-5H2;2H,1,3H2;4H,1-3H2. The van der Waals surface area contributed by atoms with Crippen LogP contribution in [0.25, 0.3) is 0 Å². The molecule has 0 spiro atoms. The summed E-state index contributed by atoms with van der Waals surface area (Å²) < 4.78 is 0. The van der Waals surface area contributed by atoms with Crippen LogP contribution in [-0.4, -0.2) is 48.4 Å². The molecular weight excluding hydrogens is 260 g/mol. The van der Waals surface area contributed by atoms with Crippen molar-refractivity contribution in [3.63, 3.8) is 0 Å². The fraction of sp³-hybridized carbons (Fsp3) is 0.600. The van der Waals surface area contributed by atoms with Crippen molar-refractivity contribution in [2.45, 2.75) is 0 Å². The second kappa shape index (κ2) is 29.2. The number of allylic oxidation sites excluding steroid dienone is 1. The highest BCUT2D eigenvalue weighted by Crippen LogP contribution is 1.73. The van der Waals surface area contributed by atoms with Crippen LogP contribution >= 0.6 is 15.9 Å². The van der Waals surface area contributed by atoms with Gasteiger partial charge in [-0.3, -0.25) is 0 Å². The van der Waals surface area contributed by atoms with Gasteiger partial charge in [-0.25, -0.2) is 0 Å². The lowest BCUT2D eigenvalue weighted by Gasteiger charge is -1.92. The van der Waals surface area contributed by atoms with Crippen molar-refractivity contribution in [1.82, 2.24) is 5.32 Å². The van der Waals surface area contributed by atoms with Crippen LogP contribution in [0, 0.1) is 0 Å². The van der Waals surface area contributed by atoms with Crippen molar-refractivity contribution in [2.24, 2.45) is 5.73 Å². The minimum absolute atomic E-state index is 0.0972. The summed E-state index contributed by atoms with van der Waals surface area (Å²) in [5.41, 5.74) is 4.78. The van der Waals surface area contributed by atoms with E-state index in [0.29, 0.717) is 13.1 Å². The van der Waals surface area contributed by atoms with E-state index in [0.717, 1.165) is 11.9 Å². The third kappa shape index (κ3) is 57.1. The van der Waals surface area contributed by atoms with Gasteiger partial charge in [0.2, 0.25) is 0 Å². The van der Waals surface area contributed by atoms with E-state index in [2.05, 4.69) is 34.4 Å². The lowest BCUT2D eigenvalue weighted by Crippen LogP contribution is -2.17. The summed E-state index contributed by atoms with van der Waals surface area (Å²) in [6.07, 6.45) is 3.55. The van der Waals surface area contributed by atoms with Crippen LogP contribution in [0.2, 0.25) is 0 Å². The van der Waals surface area contributed by atoms with Gasteiger partial charge < -0.3 is 21.3 Å². The van der Waals surface area contributed by atoms with E-state index in [1.54, 1.807) is 12.2 Å². The number of nitrogens with two attached hydrogens (primary N) is 1. The molecule has 5 N–H and O–H groups in total. The van der Waals surface area contributed by atoms with Crippen molar-refractivity contribution in [3.05, 3.63) is 25.3 Å². The summed E-state index contributed by atoms with van der Waals surface area (Å²) in [4.78, 5) is 0. The Hall–Kier alpha value is -0.200. The molecule has 0 unspecified atom stereocenters. The molecule has 0 saturated heterocycles. The average Bonchev–Trinajstić information content (AvgIpc) is 2.30. The van der Waals surface area contributed by atoms with Gasteiger partial charge in [-0.1, -0.05) is 28.1 Å². The van der Waals surface area contributed by atoms with E-state index >= 15 is 0 Å². The first-order valence-electron chi connectivity index (χ1n) is 4.65. The van der Waals surface area contributed by atoms with Crippen molar-refractivity contribution >= 4 is 15.9 Å². The zero-order valence-electron chi connectivity index (χ0n) is 9.16. The summed E-state index contributed by atoms with van der Waals surface area (Å²) in [5, 5.41) is 19.8. The summed E-state index contributed by atoms with van der Waals surface area (Å²) in [6.45, 7) is 9.03. The number of aliphatic hydroxyl groups excluding tert-OH is 2. The molecule has 0 aliphatic rings. The van der Waals surface area contributed by atoms with Gasteiger partial charge in [0.05, 0.1) is 13.2 Å². The van der Waals surface area contributed by atoms with E-state index < -0.39 is 0 Å². The van der Waals surface area contributed by atoms with E-state index in [4.69, 9.17) is 15.9 Å². The fourth-order valence-corrected chi connectivity index (χ4v) is 0.283. The zero-order chi connectivity index (χ0) is 12.4. The summed E-state index contributed by atoms with van der Waals surface area (Å²) in [6, 6.07) is 0. The third-order valence-corrected chi connectivity index (χ3v) is 1.27. The average molecular weight is 283 g/mol. The summed E-state index contributed by atoms with van der Waals surface area (Å²) >= 11 is 3.13. The Morgan fingerprint density at radius 3 is 1.87 bits per heavy atom. The number of hydrogen-bond acceptors (Lipinski definition) is 4. The predicted octanol–water partition coefficient (Wildman–Crippen LogP) is 0.259. The Balaban J connectivity index is -0.000000155. The molecule has 15 heavy (non-hydrogen) atoms. The topological polar surface area (TPSA) is 78.5 Å². The molecule has 0 saturated carbocycles. The van der Waals surface area contributed by atoms with Crippen LogP contribution in [-0.2, 0) is 0 Å². The van der Waals surface area contributed by atoms with Gasteiger partial charge in [0, 0.05) is 25.0 Å². The SMILES string of the molecule is C=CCBr.C=CCNCCO.NCCO. The Morgan fingerprint density at radius 2 is 1.67 bits per heavy atom. The van der Waals surface area contributed by atoms with Gasteiger partial charge in [-0.2, -0.15) is 0 Å². The molecule has 0 bridgehead atoms. The minimum atomic E-state index is 0.0972. The molecule has 0 aromatic heterocycles. The first-order chi connectivity index (χ1) is 7.24.